The summed E-state index contributed by atoms with van der Waals surface area (Å²) in [5.74, 6) is -3.48. The van der Waals surface area contributed by atoms with Crippen LogP contribution < -0.4 is 28.7 Å². The van der Waals surface area contributed by atoms with Crippen molar-refractivity contribution in [2.75, 3.05) is 11.9 Å². The van der Waals surface area contributed by atoms with Gasteiger partial charge >= 0.3 is 0 Å². The van der Waals surface area contributed by atoms with Gasteiger partial charge in [-0.3, -0.25) is 19.2 Å². The van der Waals surface area contributed by atoms with Crippen LogP contribution in [0.2, 0.25) is 0 Å². The molecule has 0 spiro atoms. The number of amides is 4. The summed E-state index contributed by atoms with van der Waals surface area (Å²) in [6.45, 7) is 9.77. The molecule has 2 aliphatic heterocycles. The monoisotopic (exact) mass is 486 g/mol. The number of rotatable bonds is 6. The number of carbonyl (C=O) groups excluding carboxylic acids is 4. The van der Waals surface area contributed by atoms with E-state index >= 15 is 0 Å². The Balaban J connectivity index is 0.00000342. The highest BCUT2D eigenvalue weighted by molar-refractivity contribution is 6.03. The normalized spacial score (nSPS) is 29.8. The average molecular weight is 487 g/mol. The lowest BCUT2D eigenvalue weighted by Gasteiger charge is -2.40. The van der Waals surface area contributed by atoms with E-state index < -0.39 is 52.0 Å². The molecule has 10 nitrogen and oxygen atoms in total. The fourth-order valence-corrected chi connectivity index (χ4v) is 6.75. The molecule has 35 heavy (non-hydrogen) atoms. The van der Waals surface area contributed by atoms with Gasteiger partial charge in [0, 0.05) is 23.6 Å². The third-order valence-corrected chi connectivity index (χ3v) is 8.68. The predicted molar refractivity (Wildman–Crippen MR) is 132 cm³/mol. The standard InChI is InChI=1S/C25H35N5O4.H3N/c1-23(2,3)17(26)22(34)30-11-16-24(4,5)25(16,18(30)20(28)32)14(19(27)31)10-13-12-8-6-7-9-15(12)29-21(13)33;/h6-9,13-14,16-18H,10-11,26H2,1-5H3,(H2,27,31)(H2,28,32)(H,29,33);1H3/t13?,14-,16?,17-,18?,25?;/m1./s1. The molecule has 1 saturated heterocycles. The Bertz CT molecular complexity index is 1080. The molecule has 4 amide bonds. The highest BCUT2D eigenvalue weighted by atomic mass is 16.2. The molecule has 1 aliphatic carbocycles. The molecular weight excluding hydrogens is 448 g/mol. The SMILES string of the molecule is CC(C)(C)[C@H](N)C(=O)N1CC2C(C)(C)C2([C@H](CC2C(=O)Nc3ccccc32)C(N)=O)C1C(N)=O.N. The number of hydrogen-bond donors (Lipinski definition) is 5. The van der Waals surface area contributed by atoms with E-state index in [1.165, 1.54) is 4.90 Å². The van der Waals surface area contributed by atoms with Crippen molar-refractivity contribution in [3.05, 3.63) is 29.8 Å². The maximum absolute atomic E-state index is 13.4. The maximum Gasteiger partial charge on any atom is 0.240 e. The number of anilines is 1. The zero-order valence-electron chi connectivity index (χ0n) is 21.1. The second-order valence-electron chi connectivity index (χ2n) is 11.7. The number of piperidine rings is 1. The number of likely N-dealkylation sites (tertiary alicyclic amines) is 1. The molecular formula is C25H38N6O4. The summed E-state index contributed by atoms with van der Waals surface area (Å²) in [5.41, 5.74) is 17.6. The molecule has 2 heterocycles. The van der Waals surface area contributed by atoms with E-state index in [2.05, 4.69) is 5.32 Å². The van der Waals surface area contributed by atoms with Gasteiger partial charge in [0.05, 0.1) is 12.0 Å². The maximum atomic E-state index is 13.4. The van der Waals surface area contributed by atoms with E-state index in [-0.39, 0.29) is 36.8 Å². The van der Waals surface area contributed by atoms with Crippen molar-refractivity contribution < 1.29 is 19.2 Å². The van der Waals surface area contributed by atoms with Gasteiger partial charge in [0.1, 0.15) is 6.04 Å². The van der Waals surface area contributed by atoms with Crippen molar-refractivity contribution in [2.45, 2.75) is 59.0 Å². The molecule has 10 N–H and O–H groups in total. The quantitative estimate of drug-likeness (QED) is 0.398. The predicted octanol–water partition coefficient (Wildman–Crippen LogP) is 1.09. The molecule has 4 rings (SSSR count). The first-order valence-electron chi connectivity index (χ1n) is 11.7. The summed E-state index contributed by atoms with van der Waals surface area (Å²) >= 11 is 0. The van der Waals surface area contributed by atoms with Gasteiger partial charge in [-0.05, 0) is 34.8 Å². The minimum absolute atomic E-state index is 0. The molecule has 0 aromatic heterocycles. The van der Waals surface area contributed by atoms with Crippen LogP contribution in [0.15, 0.2) is 24.3 Å². The summed E-state index contributed by atoms with van der Waals surface area (Å²) in [7, 11) is 0. The third-order valence-electron chi connectivity index (χ3n) is 8.68. The Morgan fingerprint density at radius 1 is 1.17 bits per heavy atom. The van der Waals surface area contributed by atoms with Gasteiger partial charge in [-0.25, -0.2) is 0 Å². The molecule has 0 bridgehead atoms. The number of para-hydroxylation sites is 1. The fourth-order valence-electron chi connectivity index (χ4n) is 6.75. The molecule has 1 saturated carbocycles. The Labute approximate surface area is 205 Å². The fraction of sp³-hybridized carbons (Fsp3) is 0.600. The Hall–Kier alpha value is -2.98. The van der Waals surface area contributed by atoms with Crippen LogP contribution in [-0.4, -0.2) is 47.2 Å². The van der Waals surface area contributed by atoms with E-state index in [0.29, 0.717) is 5.69 Å². The largest absolute Gasteiger partial charge is 0.369 e. The number of primary amides is 2. The van der Waals surface area contributed by atoms with Crippen molar-refractivity contribution in [1.82, 2.24) is 11.1 Å². The summed E-state index contributed by atoms with van der Waals surface area (Å²) in [5, 5.41) is 2.86. The topological polar surface area (TPSA) is 197 Å². The molecule has 6 atom stereocenters. The van der Waals surface area contributed by atoms with Gasteiger partial charge in [-0.1, -0.05) is 52.8 Å². The number of nitrogens with one attached hydrogen (secondary N) is 1. The van der Waals surface area contributed by atoms with Crippen LogP contribution in [0.25, 0.3) is 0 Å². The minimum Gasteiger partial charge on any atom is -0.369 e. The van der Waals surface area contributed by atoms with Crippen LogP contribution in [-0.2, 0) is 19.2 Å². The molecule has 4 unspecified atom stereocenters. The third kappa shape index (κ3) is 3.61. The van der Waals surface area contributed by atoms with Gasteiger partial charge in [0.2, 0.25) is 23.6 Å². The van der Waals surface area contributed by atoms with Crippen LogP contribution >= 0.6 is 0 Å². The molecule has 3 aliphatic rings. The Kier molecular flexibility index (Phi) is 6.32. The first-order chi connectivity index (χ1) is 15.7. The van der Waals surface area contributed by atoms with Gasteiger partial charge in [0.25, 0.3) is 0 Å². The number of nitrogens with two attached hydrogens (primary N) is 3. The van der Waals surface area contributed by atoms with E-state index in [9.17, 15) is 19.2 Å². The molecule has 192 valence electrons. The number of benzene rings is 1. The Morgan fingerprint density at radius 3 is 2.31 bits per heavy atom. The lowest BCUT2D eigenvalue weighted by Crippen LogP contribution is -2.59. The van der Waals surface area contributed by atoms with Crippen molar-refractivity contribution >= 4 is 29.3 Å². The number of nitrogens with zero attached hydrogens (tertiary/aromatic N) is 1. The number of hydrogen-bond acceptors (Lipinski definition) is 6. The van der Waals surface area contributed by atoms with Crippen LogP contribution in [0.5, 0.6) is 0 Å². The smallest absolute Gasteiger partial charge is 0.240 e. The van der Waals surface area contributed by atoms with Crippen molar-refractivity contribution in [3.63, 3.8) is 0 Å². The van der Waals surface area contributed by atoms with Gasteiger partial charge in [0.15, 0.2) is 0 Å². The van der Waals surface area contributed by atoms with Crippen molar-refractivity contribution in [2.24, 2.45) is 45.3 Å². The Morgan fingerprint density at radius 2 is 1.77 bits per heavy atom. The van der Waals surface area contributed by atoms with Gasteiger partial charge in [-0.15, -0.1) is 0 Å². The first kappa shape index (κ1) is 26.6. The van der Waals surface area contributed by atoms with Gasteiger partial charge < -0.3 is 33.6 Å². The molecule has 1 aromatic rings. The van der Waals surface area contributed by atoms with E-state index in [1.54, 1.807) is 0 Å². The average Bonchev–Trinajstić information content (AvgIpc) is 3.03. The molecule has 1 aromatic carbocycles. The second-order valence-corrected chi connectivity index (χ2v) is 11.7. The first-order valence-corrected chi connectivity index (χ1v) is 11.7. The second kappa shape index (κ2) is 8.30. The lowest BCUT2D eigenvalue weighted by molar-refractivity contribution is -0.146. The van der Waals surface area contributed by atoms with Crippen LogP contribution in [0, 0.1) is 28.1 Å². The summed E-state index contributed by atoms with van der Waals surface area (Å²) in [6.07, 6.45) is 0.134. The van der Waals surface area contributed by atoms with Crippen LogP contribution in [0.1, 0.15) is 52.5 Å². The molecule has 2 fully saturated rings. The summed E-state index contributed by atoms with van der Waals surface area (Å²) in [4.78, 5) is 53.5. The van der Waals surface area contributed by atoms with Crippen LogP contribution in [0.3, 0.4) is 0 Å². The highest BCUT2D eigenvalue weighted by Crippen LogP contribution is 2.78. The minimum atomic E-state index is -1.04. The highest BCUT2D eigenvalue weighted by Gasteiger charge is 2.83. The summed E-state index contributed by atoms with van der Waals surface area (Å²) < 4.78 is 0. The zero-order valence-corrected chi connectivity index (χ0v) is 21.1. The summed E-state index contributed by atoms with van der Waals surface area (Å²) in [6, 6.07) is 5.45. The zero-order chi connectivity index (χ0) is 25.4. The molecule has 10 heteroatoms. The van der Waals surface area contributed by atoms with E-state index in [1.807, 2.05) is 58.9 Å². The number of carbonyl (C=O) groups is 4. The molecule has 0 radical (unpaired) electrons. The van der Waals surface area contributed by atoms with Crippen molar-refractivity contribution in [1.29, 1.82) is 0 Å². The van der Waals surface area contributed by atoms with Crippen LogP contribution in [0.4, 0.5) is 5.69 Å². The number of fused-ring (bicyclic) bond motifs is 2. The van der Waals surface area contributed by atoms with E-state index in [4.69, 9.17) is 17.2 Å². The van der Waals surface area contributed by atoms with Crippen molar-refractivity contribution in [3.8, 4) is 0 Å². The van der Waals surface area contributed by atoms with Gasteiger partial charge in [-0.2, -0.15) is 0 Å². The lowest BCUT2D eigenvalue weighted by atomic mass is 9.71. The van der Waals surface area contributed by atoms with E-state index in [0.717, 1.165) is 5.56 Å².